The van der Waals surface area contributed by atoms with Crippen molar-refractivity contribution >= 4 is 27.2 Å². The number of oxime groups is 1. The summed E-state index contributed by atoms with van der Waals surface area (Å²) >= 11 is 1.29. The van der Waals surface area contributed by atoms with Crippen LogP contribution in [0.15, 0.2) is 46.9 Å². The number of hydrogen-bond donors (Lipinski definition) is 0. The zero-order valence-corrected chi connectivity index (χ0v) is 13.6. The van der Waals surface area contributed by atoms with E-state index in [0.717, 1.165) is 0 Å². The molecule has 0 spiro atoms. The highest BCUT2D eigenvalue weighted by molar-refractivity contribution is 7.86. The van der Waals surface area contributed by atoms with E-state index in [2.05, 4.69) is 9.44 Å². The van der Waals surface area contributed by atoms with E-state index in [1.807, 2.05) is 0 Å². The molecule has 0 aliphatic rings. The Morgan fingerprint density at radius 1 is 1.26 bits per heavy atom. The lowest BCUT2D eigenvalue weighted by Crippen LogP contribution is -2.15. The second kappa shape index (κ2) is 7.51. The van der Waals surface area contributed by atoms with Crippen LogP contribution in [0.1, 0.15) is 12.5 Å². The van der Waals surface area contributed by atoms with Crippen molar-refractivity contribution in [3.05, 3.63) is 47.3 Å². The van der Waals surface area contributed by atoms with Gasteiger partial charge in [-0.3, -0.25) is 4.28 Å². The van der Waals surface area contributed by atoms with Crippen LogP contribution in [0.25, 0.3) is 0 Å². The molecule has 2 aromatic rings. The van der Waals surface area contributed by atoms with Gasteiger partial charge < -0.3 is 4.74 Å². The van der Waals surface area contributed by atoms with Crippen LogP contribution in [-0.4, -0.2) is 26.3 Å². The molecule has 0 amide bonds. The van der Waals surface area contributed by atoms with Gasteiger partial charge in [-0.25, -0.2) is 8.78 Å². The van der Waals surface area contributed by atoms with Crippen LogP contribution >= 0.6 is 11.3 Å². The van der Waals surface area contributed by atoms with Crippen LogP contribution in [0.3, 0.4) is 0 Å². The van der Waals surface area contributed by atoms with Crippen molar-refractivity contribution in [3.8, 4) is 10.8 Å². The Kier molecular flexibility index (Phi) is 5.67. The number of para-hydroxylation sites is 1. The number of ether oxygens (including phenoxy) is 1. The van der Waals surface area contributed by atoms with Crippen molar-refractivity contribution in [2.45, 2.75) is 13.3 Å². The molecule has 0 saturated heterocycles. The fourth-order valence-corrected chi connectivity index (χ4v) is 2.44. The van der Waals surface area contributed by atoms with Crippen molar-refractivity contribution in [1.82, 2.24) is 0 Å². The van der Waals surface area contributed by atoms with E-state index < -0.39 is 22.3 Å². The van der Waals surface area contributed by atoms with E-state index in [9.17, 15) is 17.2 Å². The van der Waals surface area contributed by atoms with Gasteiger partial charge in [-0.1, -0.05) is 17.3 Å². The molecule has 0 saturated carbocycles. The fraction of sp³-hybridized carbons (Fsp3) is 0.214. The number of halogens is 2. The molecule has 0 aliphatic carbocycles. The standard InChI is InChI=1S/C14H13F2NO4S2/c1-2-23(18,19)21-17-13(14(15)16)10-6-3-4-7-11(10)20-12-8-5-9-22-12/h3-9,14H,2H2,1H3. The lowest BCUT2D eigenvalue weighted by molar-refractivity contribution is 0.218. The van der Waals surface area contributed by atoms with E-state index in [1.54, 1.807) is 23.6 Å². The molecule has 23 heavy (non-hydrogen) atoms. The maximum Gasteiger partial charge on any atom is 0.328 e. The summed E-state index contributed by atoms with van der Waals surface area (Å²) in [5, 5.41) is 5.41. The molecule has 0 fully saturated rings. The van der Waals surface area contributed by atoms with Crippen LogP contribution in [0.2, 0.25) is 0 Å². The van der Waals surface area contributed by atoms with Gasteiger partial charge >= 0.3 is 10.1 Å². The first-order valence-electron chi connectivity index (χ1n) is 6.51. The molecule has 1 heterocycles. The topological polar surface area (TPSA) is 65.0 Å². The quantitative estimate of drug-likeness (QED) is 0.555. The predicted molar refractivity (Wildman–Crippen MR) is 83.9 cm³/mol. The number of benzene rings is 1. The van der Waals surface area contributed by atoms with Crippen LogP contribution in [0, 0.1) is 0 Å². The predicted octanol–water partition coefficient (Wildman–Crippen LogP) is 3.88. The van der Waals surface area contributed by atoms with E-state index >= 15 is 0 Å². The zero-order valence-electron chi connectivity index (χ0n) is 12.0. The monoisotopic (exact) mass is 361 g/mol. The van der Waals surface area contributed by atoms with Gasteiger partial charge in [-0.2, -0.15) is 8.42 Å². The molecule has 0 aliphatic heterocycles. The summed E-state index contributed by atoms with van der Waals surface area (Å²) in [5.74, 6) is -0.244. The number of alkyl halides is 2. The normalized spacial score (nSPS) is 12.4. The molecular weight excluding hydrogens is 348 g/mol. The fourth-order valence-electron chi connectivity index (χ4n) is 1.55. The van der Waals surface area contributed by atoms with Crippen molar-refractivity contribution in [2.24, 2.45) is 5.16 Å². The Balaban J connectivity index is 2.38. The van der Waals surface area contributed by atoms with Gasteiger partial charge in [-0.15, -0.1) is 11.3 Å². The molecule has 0 radical (unpaired) electrons. The first-order valence-corrected chi connectivity index (χ1v) is 8.96. The molecule has 0 atom stereocenters. The van der Waals surface area contributed by atoms with Gasteiger partial charge in [0, 0.05) is 5.56 Å². The largest absolute Gasteiger partial charge is 0.446 e. The van der Waals surface area contributed by atoms with Crippen LogP contribution in [-0.2, 0) is 14.4 Å². The van der Waals surface area contributed by atoms with Gasteiger partial charge in [0.05, 0.1) is 5.75 Å². The Bertz CT molecular complexity index is 774. The summed E-state index contributed by atoms with van der Waals surface area (Å²) in [6, 6.07) is 9.40. The summed E-state index contributed by atoms with van der Waals surface area (Å²) in [5.41, 5.74) is -0.851. The molecule has 0 N–H and O–H groups in total. The molecule has 124 valence electrons. The Morgan fingerprint density at radius 3 is 2.61 bits per heavy atom. The van der Waals surface area contributed by atoms with E-state index in [4.69, 9.17) is 4.74 Å². The Morgan fingerprint density at radius 2 is 2.00 bits per heavy atom. The third kappa shape index (κ3) is 4.73. The molecule has 1 aromatic carbocycles. The highest BCUT2D eigenvalue weighted by atomic mass is 32.2. The maximum absolute atomic E-state index is 13.3. The molecule has 0 unspecified atom stereocenters. The maximum atomic E-state index is 13.3. The molecule has 1 aromatic heterocycles. The minimum atomic E-state index is -3.98. The van der Waals surface area contributed by atoms with E-state index in [1.165, 1.54) is 36.5 Å². The average molecular weight is 361 g/mol. The molecule has 9 heteroatoms. The van der Waals surface area contributed by atoms with Gasteiger partial charge in [0.15, 0.2) is 10.8 Å². The van der Waals surface area contributed by atoms with Gasteiger partial charge in [0.1, 0.15) is 5.75 Å². The lowest BCUT2D eigenvalue weighted by atomic mass is 10.1. The van der Waals surface area contributed by atoms with E-state index in [-0.39, 0.29) is 17.1 Å². The molecular formula is C14H13F2NO4S2. The highest BCUT2D eigenvalue weighted by Crippen LogP contribution is 2.30. The minimum absolute atomic E-state index is 0.0396. The number of rotatable bonds is 7. The smallest absolute Gasteiger partial charge is 0.328 e. The third-order valence-electron chi connectivity index (χ3n) is 2.68. The zero-order chi connectivity index (χ0) is 16.9. The van der Waals surface area contributed by atoms with Crippen molar-refractivity contribution in [3.63, 3.8) is 0 Å². The van der Waals surface area contributed by atoms with Crippen molar-refractivity contribution in [1.29, 1.82) is 0 Å². The first-order chi connectivity index (χ1) is 10.9. The van der Waals surface area contributed by atoms with Gasteiger partial charge in [0.25, 0.3) is 6.43 Å². The molecule has 2 rings (SSSR count). The summed E-state index contributed by atoms with van der Waals surface area (Å²) < 4.78 is 58.9. The number of nitrogens with zero attached hydrogens (tertiary/aromatic N) is 1. The summed E-state index contributed by atoms with van der Waals surface area (Å²) in [4.78, 5) is 0. The lowest BCUT2D eigenvalue weighted by Gasteiger charge is -2.11. The summed E-state index contributed by atoms with van der Waals surface area (Å²) in [6.07, 6.45) is -3.03. The highest BCUT2D eigenvalue weighted by Gasteiger charge is 2.22. The van der Waals surface area contributed by atoms with Crippen LogP contribution in [0.4, 0.5) is 8.78 Å². The van der Waals surface area contributed by atoms with Crippen LogP contribution < -0.4 is 4.74 Å². The third-order valence-corrected chi connectivity index (χ3v) is 4.43. The second-order valence-electron chi connectivity index (χ2n) is 4.23. The Hall–Kier alpha value is -2.00. The summed E-state index contributed by atoms with van der Waals surface area (Å²) in [7, 11) is -3.98. The van der Waals surface area contributed by atoms with E-state index in [0.29, 0.717) is 5.06 Å². The second-order valence-corrected chi connectivity index (χ2v) is 6.98. The van der Waals surface area contributed by atoms with Crippen LogP contribution in [0.5, 0.6) is 10.8 Å². The van der Waals surface area contributed by atoms with Crippen molar-refractivity contribution in [2.75, 3.05) is 5.75 Å². The summed E-state index contributed by atoms with van der Waals surface area (Å²) in [6.45, 7) is 1.32. The van der Waals surface area contributed by atoms with Gasteiger partial charge in [0.2, 0.25) is 0 Å². The minimum Gasteiger partial charge on any atom is -0.446 e. The number of thiophene rings is 1. The SMILES string of the molecule is CCS(=O)(=O)ON=C(c1ccccc1Oc1cccs1)C(F)F. The first kappa shape index (κ1) is 17.4. The molecule has 5 nitrogen and oxygen atoms in total. The van der Waals surface area contributed by atoms with Gasteiger partial charge in [-0.05, 0) is 36.6 Å². The van der Waals surface area contributed by atoms with Crippen molar-refractivity contribution < 1.29 is 26.2 Å². The Labute approximate surface area is 136 Å². The number of hydrogen-bond acceptors (Lipinski definition) is 6. The molecule has 0 bridgehead atoms. The average Bonchev–Trinajstić information content (AvgIpc) is 3.01.